The van der Waals surface area contributed by atoms with Crippen molar-refractivity contribution in [1.82, 2.24) is 5.32 Å². The summed E-state index contributed by atoms with van der Waals surface area (Å²) in [7, 11) is 0. The average Bonchev–Trinajstić information content (AvgIpc) is 2.96. The summed E-state index contributed by atoms with van der Waals surface area (Å²) in [5.74, 6) is -1.14. The fourth-order valence-corrected chi connectivity index (χ4v) is 4.82. The zero-order valence-electron chi connectivity index (χ0n) is 16.9. The maximum absolute atomic E-state index is 13.5. The molecule has 1 heterocycles. The highest BCUT2D eigenvalue weighted by Gasteiger charge is 2.39. The topological polar surface area (TPSA) is 55.4 Å². The molecule has 154 valence electrons. The van der Waals surface area contributed by atoms with E-state index in [9.17, 15) is 14.0 Å². The maximum Gasteiger partial charge on any atom is 0.337 e. The van der Waals surface area contributed by atoms with Crippen LogP contribution in [0, 0.1) is 5.82 Å². The third-order valence-electron chi connectivity index (χ3n) is 6.28. The molecule has 0 saturated heterocycles. The zero-order valence-corrected chi connectivity index (χ0v) is 16.9. The van der Waals surface area contributed by atoms with Gasteiger partial charge in [-0.15, -0.1) is 0 Å². The van der Waals surface area contributed by atoms with E-state index in [0.717, 1.165) is 55.5 Å². The quantitative estimate of drug-likeness (QED) is 0.572. The highest BCUT2D eigenvalue weighted by Crippen LogP contribution is 2.42. The first-order valence-electron chi connectivity index (χ1n) is 10.7. The lowest BCUT2D eigenvalue weighted by Crippen LogP contribution is -2.35. The maximum atomic E-state index is 13.5. The molecule has 1 atom stereocenters. The molecule has 0 amide bonds. The molecule has 0 spiro atoms. The van der Waals surface area contributed by atoms with Gasteiger partial charge in [0.25, 0.3) is 0 Å². The van der Waals surface area contributed by atoms with Gasteiger partial charge in [-0.2, -0.15) is 0 Å². The summed E-state index contributed by atoms with van der Waals surface area (Å²) in [5.41, 5.74) is 3.49. The second-order valence-electron chi connectivity index (χ2n) is 8.34. The van der Waals surface area contributed by atoms with Crippen LogP contribution in [-0.2, 0) is 14.3 Å². The third kappa shape index (κ3) is 4.14. The molecule has 1 aromatic carbocycles. The van der Waals surface area contributed by atoms with Crippen molar-refractivity contribution in [1.29, 1.82) is 0 Å². The largest absolute Gasteiger partial charge is 0.459 e. The van der Waals surface area contributed by atoms with E-state index in [1.807, 2.05) is 6.92 Å². The molecule has 3 aliphatic rings. The molecule has 0 unspecified atom stereocenters. The van der Waals surface area contributed by atoms with Gasteiger partial charge in [0.2, 0.25) is 0 Å². The minimum Gasteiger partial charge on any atom is -0.459 e. The standard InChI is InChI=1S/C24H28FNO3/c1-15-21(24(28)29-18-7-4-2-3-5-8-18)22(16-11-13-17(25)14-12-16)23-19(26-15)9-6-10-20(23)27/h11-14,18,22,26H,2-10H2,1H3/t22-/m1/s1. The van der Waals surface area contributed by atoms with Gasteiger partial charge in [-0.3, -0.25) is 4.79 Å². The van der Waals surface area contributed by atoms with Crippen LogP contribution < -0.4 is 5.32 Å². The number of benzene rings is 1. The summed E-state index contributed by atoms with van der Waals surface area (Å²) in [4.78, 5) is 26.1. The molecule has 4 rings (SSSR count). The zero-order chi connectivity index (χ0) is 20.4. The van der Waals surface area contributed by atoms with E-state index in [2.05, 4.69) is 5.32 Å². The summed E-state index contributed by atoms with van der Waals surface area (Å²) in [6.07, 6.45) is 8.27. The molecular formula is C24H28FNO3. The first-order valence-corrected chi connectivity index (χ1v) is 10.7. The number of allylic oxidation sites excluding steroid dienone is 3. The molecule has 1 fully saturated rings. The van der Waals surface area contributed by atoms with Gasteiger partial charge in [0, 0.05) is 29.3 Å². The van der Waals surface area contributed by atoms with E-state index >= 15 is 0 Å². The molecule has 1 saturated carbocycles. The highest BCUT2D eigenvalue weighted by molar-refractivity contribution is 6.03. The first kappa shape index (κ1) is 19.9. The van der Waals surface area contributed by atoms with Crippen molar-refractivity contribution < 1.29 is 18.7 Å². The Hall–Kier alpha value is -2.43. The minimum absolute atomic E-state index is 0.0559. The normalized spacial score (nSPS) is 23.4. The van der Waals surface area contributed by atoms with Crippen LogP contribution >= 0.6 is 0 Å². The fourth-order valence-electron chi connectivity index (χ4n) is 4.82. The number of hydrogen-bond acceptors (Lipinski definition) is 4. The lowest BCUT2D eigenvalue weighted by atomic mass is 9.75. The number of halogens is 1. The average molecular weight is 397 g/mol. The summed E-state index contributed by atoms with van der Waals surface area (Å²) < 4.78 is 19.5. The Morgan fingerprint density at radius 3 is 2.41 bits per heavy atom. The fraction of sp³-hybridized carbons (Fsp3) is 0.500. The van der Waals surface area contributed by atoms with Crippen LogP contribution in [-0.4, -0.2) is 17.9 Å². The lowest BCUT2D eigenvalue weighted by Gasteiger charge is -2.34. The van der Waals surface area contributed by atoms with Gasteiger partial charge in [0.15, 0.2) is 5.78 Å². The second-order valence-corrected chi connectivity index (χ2v) is 8.34. The predicted molar refractivity (Wildman–Crippen MR) is 108 cm³/mol. The van der Waals surface area contributed by atoms with Crippen LogP contribution in [0.3, 0.4) is 0 Å². The number of rotatable bonds is 3. The van der Waals surface area contributed by atoms with Crippen LogP contribution in [0.5, 0.6) is 0 Å². The van der Waals surface area contributed by atoms with E-state index in [1.165, 1.54) is 25.0 Å². The molecular weight excluding hydrogens is 369 g/mol. The Bertz CT molecular complexity index is 861. The van der Waals surface area contributed by atoms with Crippen LogP contribution in [0.4, 0.5) is 4.39 Å². The molecule has 1 N–H and O–H groups in total. The number of nitrogens with one attached hydrogen (secondary N) is 1. The van der Waals surface area contributed by atoms with Crippen molar-refractivity contribution in [2.45, 2.75) is 76.7 Å². The van der Waals surface area contributed by atoms with Crippen LogP contribution in [0.15, 0.2) is 46.8 Å². The van der Waals surface area contributed by atoms with Gasteiger partial charge < -0.3 is 10.1 Å². The Labute approximate surface area is 171 Å². The molecule has 0 bridgehead atoms. The Kier molecular flexibility index (Phi) is 5.84. The number of ketones is 1. The van der Waals surface area contributed by atoms with Gasteiger partial charge in [0.1, 0.15) is 11.9 Å². The first-order chi connectivity index (χ1) is 14.0. The molecule has 1 aliphatic heterocycles. The van der Waals surface area contributed by atoms with E-state index in [4.69, 9.17) is 4.74 Å². The molecule has 0 radical (unpaired) electrons. The number of dihydropyridines is 1. The van der Waals surface area contributed by atoms with Crippen molar-refractivity contribution in [3.63, 3.8) is 0 Å². The number of ether oxygens (including phenoxy) is 1. The predicted octanol–water partition coefficient (Wildman–Crippen LogP) is 5.06. The smallest absolute Gasteiger partial charge is 0.337 e. The number of carbonyl (C=O) groups excluding carboxylic acids is 2. The van der Waals surface area contributed by atoms with Gasteiger partial charge in [-0.25, -0.2) is 9.18 Å². The van der Waals surface area contributed by atoms with E-state index in [-0.39, 0.29) is 23.7 Å². The monoisotopic (exact) mass is 397 g/mol. The summed E-state index contributed by atoms with van der Waals surface area (Å²) >= 11 is 0. The Morgan fingerprint density at radius 1 is 1.03 bits per heavy atom. The molecule has 5 heteroatoms. The molecule has 0 aromatic heterocycles. The second kappa shape index (κ2) is 8.52. The Balaban J connectivity index is 1.70. The van der Waals surface area contributed by atoms with Gasteiger partial charge >= 0.3 is 5.97 Å². The third-order valence-corrected chi connectivity index (χ3v) is 6.28. The molecule has 2 aliphatic carbocycles. The summed E-state index contributed by atoms with van der Waals surface area (Å²) in [6.45, 7) is 1.86. The Morgan fingerprint density at radius 2 is 1.72 bits per heavy atom. The van der Waals surface area contributed by atoms with Crippen molar-refractivity contribution in [2.24, 2.45) is 0 Å². The van der Waals surface area contributed by atoms with Gasteiger partial charge in [0.05, 0.1) is 5.57 Å². The van der Waals surface area contributed by atoms with Gasteiger partial charge in [-0.05, 0) is 63.1 Å². The number of esters is 1. The van der Waals surface area contributed by atoms with E-state index in [0.29, 0.717) is 17.6 Å². The lowest BCUT2D eigenvalue weighted by molar-refractivity contribution is -0.145. The van der Waals surface area contributed by atoms with Crippen molar-refractivity contribution in [2.75, 3.05) is 0 Å². The molecule has 29 heavy (non-hydrogen) atoms. The van der Waals surface area contributed by atoms with Crippen LogP contribution in [0.25, 0.3) is 0 Å². The van der Waals surface area contributed by atoms with E-state index < -0.39 is 5.92 Å². The minimum atomic E-state index is -0.502. The van der Waals surface area contributed by atoms with Crippen LogP contribution in [0.1, 0.15) is 76.2 Å². The van der Waals surface area contributed by atoms with Crippen LogP contribution in [0.2, 0.25) is 0 Å². The van der Waals surface area contributed by atoms with Crippen molar-refractivity contribution in [3.05, 3.63) is 58.2 Å². The highest BCUT2D eigenvalue weighted by atomic mass is 19.1. The van der Waals surface area contributed by atoms with E-state index in [1.54, 1.807) is 12.1 Å². The summed E-state index contributed by atoms with van der Waals surface area (Å²) in [5, 5.41) is 3.30. The number of Topliss-reactive ketones (excluding diaryl/α,β-unsaturated/α-hetero) is 1. The molecule has 4 nitrogen and oxygen atoms in total. The SMILES string of the molecule is CC1=C(C(=O)OC2CCCCCC2)[C@@H](c2ccc(F)cc2)C2=C(CCCC2=O)N1. The van der Waals surface area contributed by atoms with Crippen molar-refractivity contribution in [3.8, 4) is 0 Å². The van der Waals surface area contributed by atoms with Crippen molar-refractivity contribution >= 4 is 11.8 Å². The summed E-state index contributed by atoms with van der Waals surface area (Å²) in [6, 6.07) is 6.11. The number of hydrogen-bond donors (Lipinski definition) is 1. The number of carbonyl (C=O) groups is 2. The molecule has 1 aromatic rings. The van der Waals surface area contributed by atoms with Gasteiger partial charge in [-0.1, -0.05) is 25.0 Å².